The average molecular weight is 568 g/mol. The lowest BCUT2D eigenvalue weighted by atomic mass is 10.0. The quantitative estimate of drug-likeness (QED) is 0.0691. The van der Waals surface area contributed by atoms with Crippen LogP contribution in [0.5, 0.6) is 0 Å². The van der Waals surface area contributed by atoms with Crippen molar-refractivity contribution in [1.82, 2.24) is 5.32 Å². The lowest BCUT2D eigenvalue weighted by molar-refractivity contribution is -0.123. The molecule has 40 heavy (non-hydrogen) atoms. The molecular formula is C36H73NO3. The third-order valence-electron chi connectivity index (χ3n) is 8.62. The monoisotopic (exact) mass is 568 g/mol. The highest BCUT2D eigenvalue weighted by molar-refractivity contribution is 5.76. The van der Waals surface area contributed by atoms with Gasteiger partial charge < -0.3 is 15.5 Å². The zero-order valence-corrected chi connectivity index (χ0v) is 27.4. The minimum Gasteiger partial charge on any atom is -0.394 e. The minimum absolute atomic E-state index is 0.0304. The second-order valence-electron chi connectivity index (χ2n) is 12.7. The Kier molecular flexibility index (Phi) is 32.4. The second kappa shape index (κ2) is 32.9. The van der Waals surface area contributed by atoms with E-state index in [0.717, 1.165) is 25.7 Å². The van der Waals surface area contributed by atoms with Gasteiger partial charge >= 0.3 is 0 Å². The third-order valence-corrected chi connectivity index (χ3v) is 8.62. The lowest BCUT2D eigenvalue weighted by Gasteiger charge is -2.22. The molecule has 0 aliphatic rings. The van der Waals surface area contributed by atoms with Crippen LogP contribution in [0.3, 0.4) is 0 Å². The van der Waals surface area contributed by atoms with Gasteiger partial charge in [-0.15, -0.1) is 0 Å². The van der Waals surface area contributed by atoms with Gasteiger partial charge in [0.2, 0.25) is 5.91 Å². The van der Waals surface area contributed by atoms with Crippen LogP contribution in [0.25, 0.3) is 0 Å². The Balaban J connectivity index is 3.52. The van der Waals surface area contributed by atoms with Gasteiger partial charge in [0, 0.05) is 6.42 Å². The van der Waals surface area contributed by atoms with Crippen molar-refractivity contribution in [3.05, 3.63) is 0 Å². The summed E-state index contributed by atoms with van der Waals surface area (Å²) < 4.78 is 0. The molecular weight excluding hydrogens is 494 g/mol. The molecule has 0 unspecified atom stereocenters. The Morgan fingerprint density at radius 1 is 0.500 bits per heavy atom. The standard InChI is InChI=1S/C36H73NO3/c1-3-5-7-9-11-13-15-17-18-19-20-21-23-25-27-29-31-35(39)34(33-38)37-36(40)32-30-28-26-24-22-16-14-12-10-8-6-4-2/h34-35,38-39H,3-33H2,1-2H3,(H,37,40)/t34-,35+/m0/s1. The summed E-state index contributed by atoms with van der Waals surface area (Å²) in [7, 11) is 0. The van der Waals surface area contributed by atoms with Gasteiger partial charge in [0.25, 0.3) is 0 Å². The topological polar surface area (TPSA) is 69.6 Å². The summed E-state index contributed by atoms with van der Waals surface area (Å²) in [4.78, 5) is 12.3. The predicted molar refractivity (Wildman–Crippen MR) is 175 cm³/mol. The molecule has 0 rings (SSSR count). The number of aliphatic hydroxyl groups excluding tert-OH is 2. The molecule has 2 atom stereocenters. The molecule has 0 saturated carbocycles. The Morgan fingerprint density at radius 3 is 1.12 bits per heavy atom. The molecule has 0 aromatic heterocycles. The normalized spacial score (nSPS) is 13.0. The molecule has 0 heterocycles. The van der Waals surface area contributed by atoms with E-state index < -0.39 is 12.1 Å². The van der Waals surface area contributed by atoms with E-state index in [1.165, 1.54) is 154 Å². The van der Waals surface area contributed by atoms with Crippen molar-refractivity contribution in [2.75, 3.05) is 6.61 Å². The fourth-order valence-corrected chi connectivity index (χ4v) is 5.77. The van der Waals surface area contributed by atoms with Crippen LogP contribution >= 0.6 is 0 Å². The van der Waals surface area contributed by atoms with E-state index in [2.05, 4.69) is 19.2 Å². The van der Waals surface area contributed by atoms with Crippen molar-refractivity contribution < 1.29 is 15.0 Å². The van der Waals surface area contributed by atoms with Crippen LogP contribution in [-0.4, -0.2) is 34.9 Å². The van der Waals surface area contributed by atoms with Gasteiger partial charge in [-0.2, -0.15) is 0 Å². The van der Waals surface area contributed by atoms with Gasteiger partial charge in [0.05, 0.1) is 18.8 Å². The van der Waals surface area contributed by atoms with E-state index in [0.29, 0.717) is 12.8 Å². The van der Waals surface area contributed by atoms with Crippen LogP contribution < -0.4 is 5.32 Å². The van der Waals surface area contributed by atoms with Gasteiger partial charge in [0.15, 0.2) is 0 Å². The van der Waals surface area contributed by atoms with Crippen molar-refractivity contribution in [2.24, 2.45) is 0 Å². The number of hydrogen-bond donors (Lipinski definition) is 3. The number of carbonyl (C=O) groups is 1. The molecule has 0 aromatic carbocycles. The first kappa shape index (κ1) is 39.4. The average Bonchev–Trinajstić information content (AvgIpc) is 2.96. The second-order valence-corrected chi connectivity index (χ2v) is 12.7. The molecule has 3 N–H and O–H groups in total. The van der Waals surface area contributed by atoms with Crippen LogP contribution in [0.2, 0.25) is 0 Å². The third kappa shape index (κ3) is 28.9. The molecule has 240 valence electrons. The Hall–Kier alpha value is -0.610. The van der Waals surface area contributed by atoms with Gasteiger partial charge in [-0.05, 0) is 12.8 Å². The van der Waals surface area contributed by atoms with Crippen molar-refractivity contribution in [3.8, 4) is 0 Å². The summed E-state index contributed by atoms with van der Waals surface area (Å²) in [6.45, 7) is 4.35. The largest absolute Gasteiger partial charge is 0.394 e. The maximum atomic E-state index is 12.3. The van der Waals surface area contributed by atoms with Gasteiger partial charge in [0.1, 0.15) is 0 Å². The van der Waals surface area contributed by atoms with E-state index in [1.807, 2.05) is 0 Å². The Morgan fingerprint density at radius 2 is 0.800 bits per heavy atom. The summed E-state index contributed by atoms with van der Waals surface area (Å²) in [5.74, 6) is -0.0304. The number of amides is 1. The van der Waals surface area contributed by atoms with Crippen LogP contribution in [0.4, 0.5) is 0 Å². The Bertz CT molecular complexity index is 498. The first-order valence-electron chi connectivity index (χ1n) is 18.2. The molecule has 0 aromatic rings. The molecule has 0 bridgehead atoms. The summed E-state index contributed by atoms with van der Waals surface area (Å²) in [6.07, 6.45) is 37.2. The molecule has 0 aliphatic carbocycles. The Labute approximate surface area is 251 Å². The fraction of sp³-hybridized carbons (Fsp3) is 0.972. The van der Waals surface area contributed by atoms with E-state index in [1.54, 1.807) is 0 Å². The SMILES string of the molecule is CCCCCCCCCCCCCCCCCC[C@@H](O)[C@H](CO)NC(=O)CCCCCCCCCCCCCC. The number of rotatable bonds is 33. The molecule has 0 aliphatic heterocycles. The smallest absolute Gasteiger partial charge is 0.220 e. The maximum absolute atomic E-state index is 12.3. The molecule has 0 saturated heterocycles. The lowest BCUT2D eigenvalue weighted by Crippen LogP contribution is -2.45. The maximum Gasteiger partial charge on any atom is 0.220 e. The summed E-state index contributed by atoms with van der Waals surface area (Å²) in [6, 6.07) is -0.527. The highest BCUT2D eigenvalue weighted by Gasteiger charge is 2.19. The fourth-order valence-electron chi connectivity index (χ4n) is 5.77. The molecule has 4 nitrogen and oxygen atoms in total. The molecule has 1 amide bonds. The van der Waals surface area contributed by atoms with Gasteiger partial charge in [-0.25, -0.2) is 0 Å². The van der Waals surface area contributed by atoms with E-state index in [9.17, 15) is 15.0 Å². The van der Waals surface area contributed by atoms with Gasteiger partial charge in [-0.3, -0.25) is 4.79 Å². The highest BCUT2D eigenvalue weighted by Crippen LogP contribution is 2.16. The van der Waals surface area contributed by atoms with E-state index in [4.69, 9.17) is 0 Å². The highest BCUT2D eigenvalue weighted by atomic mass is 16.3. The number of aliphatic hydroxyl groups is 2. The van der Waals surface area contributed by atoms with E-state index in [-0.39, 0.29) is 12.5 Å². The van der Waals surface area contributed by atoms with Crippen LogP contribution in [-0.2, 0) is 4.79 Å². The van der Waals surface area contributed by atoms with E-state index >= 15 is 0 Å². The number of nitrogens with one attached hydrogen (secondary N) is 1. The molecule has 0 spiro atoms. The van der Waals surface area contributed by atoms with Crippen molar-refractivity contribution in [1.29, 1.82) is 0 Å². The summed E-state index contributed by atoms with van der Waals surface area (Å²) in [5.41, 5.74) is 0. The summed E-state index contributed by atoms with van der Waals surface area (Å²) in [5, 5.41) is 23.0. The first-order valence-corrected chi connectivity index (χ1v) is 18.2. The van der Waals surface area contributed by atoms with Crippen LogP contribution in [0, 0.1) is 0 Å². The number of carbonyl (C=O) groups excluding carboxylic acids is 1. The van der Waals surface area contributed by atoms with Gasteiger partial charge in [-0.1, -0.05) is 187 Å². The molecule has 0 radical (unpaired) electrons. The zero-order valence-electron chi connectivity index (χ0n) is 27.4. The molecule has 0 fully saturated rings. The number of unbranched alkanes of at least 4 members (excludes halogenated alkanes) is 26. The van der Waals surface area contributed by atoms with Crippen molar-refractivity contribution >= 4 is 5.91 Å². The summed E-state index contributed by atoms with van der Waals surface area (Å²) >= 11 is 0. The minimum atomic E-state index is -0.650. The molecule has 4 heteroatoms. The zero-order chi connectivity index (χ0) is 29.4. The van der Waals surface area contributed by atoms with Crippen molar-refractivity contribution in [3.63, 3.8) is 0 Å². The van der Waals surface area contributed by atoms with Crippen LogP contribution in [0.15, 0.2) is 0 Å². The van der Waals surface area contributed by atoms with Crippen molar-refractivity contribution in [2.45, 2.75) is 219 Å². The first-order chi connectivity index (χ1) is 19.7. The van der Waals surface area contributed by atoms with Crippen LogP contribution in [0.1, 0.15) is 206 Å². The number of hydrogen-bond acceptors (Lipinski definition) is 3. The predicted octanol–water partition coefficient (Wildman–Crippen LogP) is 10.6.